The van der Waals surface area contributed by atoms with E-state index in [0.717, 1.165) is 25.8 Å². The zero-order chi connectivity index (χ0) is 19.8. The summed E-state index contributed by atoms with van der Waals surface area (Å²) in [6, 6.07) is 11.4. The highest BCUT2D eigenvalue weighted by Crippen LogP contribution is 2.44. The predicted molar refractivity (Wildman–Crippen MR) is 111 cm³/mol. The molecule has 2 aliphatic rings. The maximum Gasteiger partial charge on any atom is 0.302 e. The molecule has 2 aliphatic heterocycles. The molecule has 2 saturated heterocycles. The van der Waals surface area contributed by atoms with E-state index in [4.69, 9.17) is 9.16 Å². The molecule has 0 radical (unpaired) electrons. The van der Waals surface area contributed by atoms with E-state index in [1.54, 1.807) is 0 Å². The Bertz CT molecular complexity index is 655. The van der Waals surface area contributed by atoms with Crippen LogP contribution in [-0.2, 0) is 20.5 Å². The summed E-state index contributed by atoms with van der Waals surface area (Å²) in [5.41, 5.74) is 1.34. The number of nitrogens with zero attached hydrogens (tertiary/aromatic N) is 1. The number of benzene rings is 1. The van der Waals surface area contributed by atoms with Crippen LogP contribution < -0.4 is 0 Å². The van der Waals surface area contributed by atoms with Gasteiger partial charge in [0.2, 0.25) is 0 Å². The smallest absolute Gasteiger partial charge is 0.302 e. The summed E-state index contributed by atoms with van der Waals surface area (Å²) in [5, 5.41) is 0.198. The fraction of sp³-hybridized carbons (Fsp3) is 0.682. The Hall–Kier alpha value is -1.17. The molecule has 0 N–H and O–H groups in total. The molecule has 2 bridgehead atoms. The van der Waals surface area contributed by atoms with Gasteiger partial charge in [-0.05, 0) is 30.1 Å². The minimum atomic E-state index is -1.84. The zero-order valence-electron chi connectivity index (χ0n) is 17.7. The maximum atomic E-state index is 11.5. The third-order valence-electron chi connectivity index (χ3n) is 6.66. The Morgan fingerprint density at radius 1 is 1.15 bits per heavy atom. The summed E-state index contributed by atoms with van der Waals surface area (Å²) in [4.78, 5) is 14.1. The van der Waals surface area contributed by atoms with Gasteiger partial charge in [0.15, 0.2) is 8.32 Å². The molecule has 4 nitrogen and oxygen atoms in total. The van der Waals surface area contributed by atoms with Gasteiger partial charge in [0.25, 0.3) is 0 Å². The third kappa shape index (κ3) is 4.64. The molecule has 150 valence electrons. The average Bonchev–Trinajstić information content (AvgIpc) is 2.73. The molecule has 0 spiro atoms. The molecule has 2 fully saturated rings. The highest BCUT2D eigenvalue weighted by Gasteiger charge is 2.51. The Morgan fingerprint density at radius 2 is 1.81 bits per heavy atom. The van der Waals surface area contributed by atoms with E-state index in [2.05, 4.69) is 69.1 Å². The summed E-state index contributed by atoms with van der Waals surface area (Å²) in [7, 11) is -1.84. The topological polar surface area (TPSA) is 38.8 Å². The summed E-state index contributed by atoms with van der Waals surface area (Å²) < 4.78 is 12.5. The fourth-order valence-corrected chi connectivity index (χ4v) is 5.65. The van der Waals surface area contributed by atoms with Crippen LogP contribution in [0, 0.1) is 0 Å². The quantitative estimate of drug-likeness (QED) is 0.538. The first-order valence-electron chi connectivity index (χ1n) is 10.2. The van der Waals surface area contributed by atoms with E-state index in [9.17, 15) is 4.79 Å². The molecule has 0 aliphatic carbocycles. The molecule has 1 unspecified atom stereocenters. The van der Waals surface area contributed by atoms with E-state index in [-0.39, 0.29) is 23.2 Å². The first-order valence-corrected chi connectivity index (χ1v) is 13.1. The van der Waals surface area contributed by atoms with E-state index in [0.29, 0.717) is 12.1 Å². The number of ether oxygens (including phenoxy) is 1. The van der Waals surface area contributed by atoms with Gasteiger partial charge < -0.3 is 9.16 Å². The van der Waals surface area contributed by atoms with Crippen molar-refractivity contribution in [2.24, 2.45) is 0 Å². The van der Waals surface area contributed by atoms with Crippen molar-refractivity contribution < 1.29 is 14.0 Å². The van der Waals surface area contributed by atoms with Gasteiger partial charge in [0, 0.05) is 38.4 Å². The van der Waals surface area contributed by atoms with Crippen LogP contribution >= 0.6 is 0 Å². The number of hydrogen-bond donors (Lipinski definition) is 0. The molecule has 0 saturated carbocycles. The largest absolute Gasteiger partial charge is 0.462 e. The van der Waals surface area contributed by atoms with Crippen molar-refractivity contribution in [2.45, 2.75) is 95.9 Å². The summed E-state index contributed by atoms with van der Waals surface area (Å²) in [5.74, 6) is -0.169. The van der Waals surface area contributed by atoms with Gasteiger partial charge in [-0.1, -0.05) is 51.1 Å². The summed E-state index contributed by atoms with van der Waals surface area (Å²) in [6.07, 6.45) is 3.10. The Balaban J connectivity index is 1.79. The van der Waals surface area contributed by atoms with Crippen LogP contribution in [0.15, 0.2) is 30.3 Å². The lowest BCUT2D eigenvalue weighted by atomic mass is 9.98. The van der Waals surface area contributed by atoms with Gasteiger partial charge in [-0.3, -0.25) is 9.69 Å². The first-order chi connectivity index (χ1) is 12.6. The predicted octanol–water partition coefficient (Wildman–Crippen LogP) is 4.75. The normalized spacial score (nSPS) is 29.0. The standard InChI is InChI=1S/C22H35NO3Si/c1-16(24)25-19-12-18-13-21(26-27(5,6)22(2,3)4)20(14-19)23(18)15-17-10-8-7-9-11-17/h7-11,18-21H,12-15H2,1-6H3/t18-,19+,20+,21?/m0/s1. The van der Waals surface area contributed by atoms with Crippen LogP contribution in [-0.4, -0.2) is 43.5 Å². The lowest BCUT2D eigenvalue weighted by molar-refractivity contribution is -0.150. The Kier molecular flexibility index (Phi) is 5.85. The van der Waals surface area contributed by atoms with Crippen LogP contribution in [0.25, 0.3) is 0 Å². The molecule has 3 rings (SSSR count). The van der Waals surface area contributed by atoms with Crippen molar-refractivity contribution in [3.05, 3.63) is 35.9 Å². The highest BCUT2D eigenvalue weighted by molar-refractivity contribution is 6.74. The summed E-state index contributed by atoms with van der Waals surface area (Å²) >= 11 is 0. The second-order valence-corrected chi connectivity index (χ2v) is 14.5. The number of piperidine rings is 1. The lowest BCUT2D eigenvalue weighted by Crippen LogP contribution is -2.50. The number of rotatable bonds is 5. The Labute approximate surface area is 165 Å². The molecule has 2 heterocycles. The van der Waals surface area contributed by atoms with Crippen molar-refractivity contribution in [1.82, 2.24) is 4.90 Å². The van der Waals surface area contributed by atoms with E-state index in [1.807, 2.05) is 0 Å². The van der Waals surface area contributed by atoms with Crippen molar-refractivity contribution >= 4 is 14.3 Å². The van der Waals surface area contributed by atoms with Gasteiger partial charge in [0.1, 0.15) is 6.10 Å². The number of esters is 1. The molecule has 27 heavy (non-hydrogen) atoms. The molecular formula is C22H35NO3Si. The van der Waals surface area contributed by atoms with Crippen molar-refractivity contribution in [2.75, 3.05) is 0 Å². The molecule has 5 heteroatoms. The van der Waals surface area contributed by atoms with Crippen LogP contribution in [0.2, 0.25) is 18.1 Å². The molecule has 1 aromatic rings. The van der Waals surface area contributed by atoms with Crippen LogP contribution in [0.3, 0.4) is 0 Å². The second kappa shape index (κ2) is 7.68. The SMILES string of the molecule is CC(=O)O[C@@H]1C[C@H]2CC(O[Si](C)(C)C(C)(C)C)[C@@H](C1)N2Cc1ccccc1. The molecular weight excluding hydrogens is 354 g/mol. The number of carbonyl (C=O) groups excluding carboxylic acids is 1. The molecule has 1 aromatic carbocycles. The fourth-order valence-electron chi connectivity index (χ4n) is 4.29. The van der Waals surface area contributed by atoms with Crippen molar-refractivity contribution in [1.29, 1.82) is 0 Å². The number of hydrogen-bond acceptors (Lipinski definition) is 4. The van der Waals surface area contributed by atoms with E-state index < -0.39 is 8.32 Å². The van der Waals surface area contributed by atoms with Gasteiger partial charge in [-0.25, -0.2) is 0 Å². The molecule has 0 aromatic heterocycles. The monoisotopic (exact) mass is 389 g/mol. The van der Waals surface area contributed by atoms with E-state index in [1.165, 1.54) is 12.5 Å². The highest BCUT2D eigenvalue weighted by atomic mass is 28.4. The van der Waals surface area contributed by atoms with Crippen LogP contribution in [0.1, 0.15) is 52.5 Å². The summed E-state index contributed by atoms with van der Waals surface area (Å²) in [6.45, 7) is 14.0. The third-order valence-corrected chi connectivity index (χ3v) is 11.2. The molecule has 4 atom stereocenters. The van der Waals surface area contributed by atoms with Gasteiger partial charge in [0.05, 0.1) is 6.10 Å². The van der Waals surface area contributed by atoms with Gasteiger partial charge >= 0.3 is 5.97 Å². The van der Waals surface area contributed by atoms with Crippen LogP contribution in [0.5, 0.6) is 0 Å². The Morgan fingerprint density at radius 3 is 2.41 bits per heavy atom. The van der Waals surface area contributed by atoms with Crippen molar-refractivity contribution in [3.63, 3.8) is 0 Å². The number of carbonyl (C=O) groups is 1. The minimum absolute atomic E-state index is 0.0255. The van der Waals surface area contributed by atoms with Crippen LogP contribution in [0.4, 0.5) is 0 Å². The first kappa shape index (κ1) is 20.6. The van der Waals surface area contributed by atoms with Crippen molar-refractivity contribution in [3.8, 4) is 0 Å². The zero-order valence-corrected chi connectivity index (χ0v) is 18.7. The maximum absolute atomic E-state index is 11.5. The molecule has 0 amide bonds. The van der Waals surface area contributed by atoms with Gasteiger partial charge in [-0.2, -0.15) is 0 Å². The number of fused-ring (bicyclic) bond motifs is 2. The second-order valence-electron chi connectivity index (χ2n) is 9.73. The van der Waals surface area contributed by atoms with E-state index >= 15 is 0 Å². The lowest BCUT2D eigenvalue weighted by Gasteiger charge is -2.42. The average molecular weight is 390 g/mol. The minimum Gasteiger partial charge on any atom is -0.462 e. The van der Waals surface area contributed by atoms with Gasteiger partial charge in [-0.15, -0.1) is 0 Å².